The summed E-state index contributed by atoms with van der Waals surface area (Å²) < 4.78 is 69.3. The highest BCUT2D eigenvalue weighted by Crippen LogP contribution is 2.44. The summed E-state index contributed by atoms with van der Waals surface area (Å²) in [6.45, 7) is 0.252. The van der Waals surface area contributed by atoms with Crippen LogP contribution in [0.4, 0.5) is 18.9 Å². The van der Waals surface area contributed by atoms with Crippen LogP contribution in [0.25, 0.3) is 0 Å². The van der Waals surface area contributed by atoms with Crippen LogP contribution in [0.2, 0.25) is 0 Å². The fourth-order valence-electron chi connectivity index (χ4n) is 5.29. The number of halogens is 3. The third-order valence-electron chi connectivity index (χ3n) is 6.94. The first-order valence-electron chi connectivity index (χ1n) is 11.3. The minimum atomic E-state index is -4.44. The highest BCUT2D eigenvalue weighted by molar-refractivity contribution is 7.90. The van der Waals surface area contributed by atoms with Crippen molar-refractivity contribution in [1.29, 1.82) is 0 Å². The van der Waals surface area contributed by atoms with Crippen molar-refractivity contribution < 1.29 is 31.1 Å². The zero-order chi connectivity index (χ0) is 25.6. The van der Waals surface area contributed by atoms with Crippen molar-refractivity contribution in [2.24, 2.45) is 0 Å². The molecule has 2 heterocycles. The fraction of sp³-hybridized carbons (Fsp3) is 0.458. The van der Waals surface area contributed by atoms with Gasteiger partial charge in [-0.15, -0.1) is 0 Å². The lowest BCUT2D eigenvalue weighted by atomic mass is 9.95. The molecule has 2 atom stereocenters. The van der Waals surface area contributed by atoms with E-state index in [1.165, 1.54) is 25.3 Å². The summed E-state index contributed by atoms with van der Waals surface area (Å²) in [6, 6.07) is 7.87. The van der Waals surface area contributed by atoms with E-state index < -0.39 is 33.1 Å². The molecule has 2 saturated heterocycles. The number of nitrogen functional groups attached to an aromatic ring is 1. The lowest BCUT2D eigenvalue weighted by Gasteiger charge is -2.45. The van der Waals surface area contributed by atoms with E-state index >= 15 is 0 Å². The molecule has 0 aromatic heterocycles. The number of alkyl halides is 3. The van der Waals surface area contributed by atoms with Gasteiger partial charge in [0.1, 0.15) is 5.75 Å². The number of nitrogens with one attached hydrogen (secondary N) is 1. The number of benzene rings is 2. The van der Waals surface area contributed by atoms with Crippen LogP contribution in [0.5, 0.6) is 5.75 Å². The summed E-state index contributed by atoms with van der Waals surface area (Å²) in [7, 11) is -2.33. The highest BCUT2D eigenvalue weighted by atomic mass is 32.2. The second-order valence-electron chi connectivity index (χ2n) is 9.26. The maximum absolute atomic E-state index is 13.4. The molecular formula is C24H28F3N3O4S. The molecule has 2 bridgehead atoms. The van der Waals surface area contributed by atoms with Gasteiger partial charge in [0.05, 0.1) is 34.5 Å². The Kier molecular flexibility index (Phi) is 6.52. The number of methoxy groups -OCH3 is 1. The Labute approximate surface area is 202 Å². The van der Waals surface area contributed by atoms with E-state index in [9.17, 15) is 26.4 Å². The van der Waals surface area contributed by atoms with Gasteiger partial charge in [-0.2, -0.15) is 13.2 Å². The number of rotatable bonds is 6. The number of hydrogen-bond donors (Lipinski definition) is 2. The average Bonchev–Trinajstić information content (AvgIpc) is 2.95. The summed E-state index contributed by atoms with van der Waals surface area (Å²) in [6.07, 6.45) is 0.379. The molecule has 0 saturated carbocycles. The highest BCUT2D eigenvalue weighted by Gasteiger charge is 2.49. The Balaban J connectivity index is 1.66. The van der Waals surface area contributed by atoms with E-state index in [0.717, 1.165) is 37.7 Å². The van der Waals surface area contributed by atoms with E-state index in [1.807, 2.05) is 0 Å². The van der Waals surface area contributed by atoms with Crippen LogP contribution in [0.1, 0.15) is 53.6 Å². The molecule has 2 aliphatic rings. The first-order valence-corrected chi connectivity index (χ1v) is 13.2. The van der Waals surface area contributed by atoms with Crippen LogP contribution in [0.3, 0.4) is 0 Å². The summed E-state index contributed by atoms with van der Waals surface area (Å²) in [5.41, 5.74) is 4.92. The standard InChI is InChI=1S/C24H28F3N3O4S/c1-34-20-13-19(28)21(35(2,32)33)12-18(20)22(31)29-23-9-4-7-17(8-10-23)30(23)14-15-5-3-6-16(11-15)24(25,26)27/h3,5-6,11-13,17H,4,7-10,14,28H2,1-2H3,(H,29,31). The number of amides is 1. The normalized spacial score (nSPS) is 22.7. The van der Waals surface area contributed by atoms with Gasteiger partial charge in [-0.25, -0.2) is 8.42 Å². The van der Waals surface area contributed by atoms with E-state index in [2.05, 4.69) is 10.2 Å². The Morgan fingerprint density at radius 2 is 1.97 bits per heavy atom. The van der Waals surface area contributed by atoms with E-state index in [-0.39, 0.29) is 34.5 Å². The number of nitrogens with two attached hydrogens (primary N) is 1. The minimum Gasteiger partial charge on any atom is -0.496 e. The summed E-state index contributed by atoms with van der Waals surface area (Å²) in [4.78, 5) is 15.4. The molecule has 7 nitrogen and oxygen atoms in total. The maximum Gasteiger partial charge on any atom is 0.416 e. The van der Waals surface area contributed by atoms with Crippen molar-refractivity contribution in [1.82, 2.24) is 10.2 Å². The van der Waals surface area contributed by atoms with Gasteiger partial charge >= 0.3 is 6.18 Å². The van der Waals surface area contributed by atoms with E-state index in [1.54, 1.807) is 6.07 Å². The Morgan fingerprint density at radius 1 is 1.23 bits per heavy atom. The third kappa shape index (κ3) is 4.97. The summed E-state index contributed by atoms with van der Waals surface area (Å²) in [5, 5.41) is 3.08. The number of fused-ring (bicyclic) bond motifs is 2. The SMILES string of the molecule is COc1cc(N)c(S(C)(=O)=O)cc1C(=O)NC12CCCC(CC1)N2Cc1cccc(C(F)(F)F)c1. The van der Waals surface area contributed by atoms with Crippen molar-refractivity contribution in [3.63, 3.8) is 0 Å². The predicted molar refractivity (Wildman–Crippen MR) is 125 cm³/mol. The predicted octanol–water partition coefficient (Wildman–Crippen LogP) is 3.97. The Bertz CT molecular complexity index is 1250. The molecule has 2 fully saturated rings. The number of nitrogens with zero attached hydrogens (tertiary/aromatic N) is 1. The average molecular weight is 512 g/mol. The smallest absolute Gasteiger partial charge is 0.416 e. The first kappa shape index (κ1) is 25.3. The molecule has 1 amide bonds. The molecule has 0 radical (unpaired) electrons. The second-order valence-corrected chi connectivity index (χ2v) is 11.2. The van der Waals surface area contributed by atoms with Gasteiger partial charge in [-0.05, 0) is 49.8 Å². The van der Waals surface area contributed by atoms with Gasteiger partial charge in [0.25, 0.3) is 5.91 Å². The number of carbonyl (C=O) groups excluding carboxylic acids is 1. The van der Waals surface area contributed by atoms with Gasteiger partial charge < -0.3 is 15.8 Å². The van der Waals surface area contributed by atoms with Crippen molar-refractivity contribution in [2.75, 3.05) is 19.1 Å². The molecule has 2 unspecified atom stereocenters. The van der Waals surface area contributed by atoms with Crippen LogP contribution in [0.15, 0.2) is 41.3 Å². The maximum atomic E-state index is 13.4. The van der Waals surface area contributed by atoms with Crippen LogP contribution in [-0.2, 0) is 22.6 Å². The quantitative estimate of drug-likeness (QED) is 0.569. The molecular weight excluding hydrogens is 483 g/mol. The number of hydrogen-bond acceptors (Lipinski definition) is 6. The molecule has 3 N–H and O–H groups in total. The first-order chi connectivity index (χ1) is 16.3. The number of ether oxygens (including phenoxy) is 1. The molecule has 11 heteroatoms. The van der Waals surface area contributed by atoms with Crippen LogP contribution in [-0.4, -0.2) is 44.3 Å². The minimum absolute atomic E-state index is 0.0242. The zero-order valence-electron chi connectivity index (χ0n) is 19.5. The van der Waals surface area contributed by atoms with Crippen LogP contribution < -0.4 is 15.8 Å². The summed E-state index contributed by atoms with van der Waals surface area (Å²) in [5.74, 6) is -0.387. The van der Waals surface area contributed by atoms with Crippen LogP contribution in [0, 0.1) is 0 Å². The number of anilines is 1. The van der Waals surface area contributed by atoms with Gasteiger partial charge in [-0.3, -0.25) is 9.69 Å². The lowest BCUT2D eigenvalue weighted by Crippen LogP contribution is -2.60. The van der Waals surface area contributed by atoms with Gasteiger partial charge in [0.15, 0.2) is 9.84 Å². The lowest BCUT2D eigenvalue weighted by molar-refractivity contribution is -0.137. The zero-order valence-corrected chi connectivity index (χ0v) is 20.3. The Morgan fingerprint density at radius 3 is 2.63 bits per heavy atom. The van der Waals surface area contributed by atoms with E-state index in [0.29, 0.717) is 18.4 Å². The van der Waals surface area contributed by atoms with Gasteiger partial charge in [-0.1, -0.05) is 18.2 Å². The van der Waals surface area contributed by atoms with Crippen LogP contribution >= 0.6 is 0 Å². The molecule has 0 spiro atoms. The second kappa shape index (κ2) is 9.02. The molecule has 35 heavy (non-hydrogen) atoms. The summed E-state index contributed by atoms with van der Waals surface area (Å²) >= 11 is 0. The third-order valence-corrected chi connectivity index (χ3v) is 8.09. The van der Waals surface area contributed by atoms with Gasteiger partial charge in [0.2, 0.25) is 0 Å². The molecule has 0 aliphatic carbocycles. The number of sulfone groups is 1. The topological polar surface area (TPSA) is 102 Å². The Hall–Kier alpha value is -2.79. The molecule has 190 valence electrons. The van der Waals surface area contributed by atoms with Gasteiger partial charge in [0, 0.05) is 24.9 Å². The largest absolute Gasteiger partial charge is 0.496 e. The van der Waals surface area contributed by atoms with Crippen molar-refractivity contribution in [3.05, 3.63) is 53.1 Å². The molecule has 2 aromatic carbocycles. The fourth-order valence-corrected chi connectivity index (χ4v) is 6.11. The number of carbonyl (C=O) groups is 1. The van der Waals surface area contributed by atoms with Crippen molar-refractivity contribution >= 4 is 21.4 Å². The van der Waals surface area contributed by atoms with Crippen molar-refractivity contribution in [3.8, 4) is 5.75 Å². The number of piperidine rings is 1. The molecule has 4 rings (SSSR count). The van der Waals surface area contributed by atoms with E-state index in [4.69, 9.17) is 10.5 Å². The molecule has 2 aliphatic heterocycles. The monoisotopic (exact) mass is 511 g/mol. The molecule has 2 aromatic rings. The van der Waals surface area contributed by atoms with Crippen molar-refractivity contribution in [2.45, 2.75) is 61.4 Å².